The Morgan fingerprint density at radius 2 is 1.73 bits per heavy atom. The standard InChI is InChI=1S/C30H32Cl2FN3O4.ClH/c1-36(2)26(32)14-17-40-21-9-6-19(7-10-21)27-23(22-11-8-20(33)18-24(22)31)12-13-25(34-27)28(37)35-30(29(38)39)15-4-3-5-16-30;/h6-13,18,26H,3-5,14-17H2,1-2H3,(H,35,37)(H,38,39);1H. The van der Waals surface area contributed by atoms with Crippen LogP contribution in [0.5, 0.6) is 5.75 Å². The maximum absolute atomic E-state index is 13.8. The van der Waals surface area contributed by atoms with Crippen molar-refractivity contribution in [3.05, 3.63) is 71.1 Å². The normalized spacial score (nSPS) is 15.1. The number of ether oxygens (including phenoxy) is 1. The van der Waals surface area contributed by atoms with Crippen LogP contribution >= 0.6 is 35.6 Å². The van der Waals surface area contributed by atoms with Crippen molar-refractivity contribution >= 4 is 47.5 Å². The summed E-state index contributed by atoms with van der Waals surface area (Å²) in [7, 11) is 3.80. The van der Waals surface area contributed by atoms with Gasteiger partial charge in [0.2, 0.25) is 0 Å². The monoisotopic (exact) mass is 623 g/mol. The van der Waals surface area contributed by atoms with Crippen molar-refractivity contribution in [2.45, 2.75) is 49.6 Å². The molecule has 220 valence electrons. The molecule has 11 heteroatoms. The molecule has 3 aromatic rings. The lowest BCUT2D eigenvalue weighted by atomic mass is 9.81. The molecule has 0 radical (unpaired) electrons. The zero-order valence-electron chi connectivity index (χ0n) is 22.8. The fraction of sp³-hybridized carbons (Fsp3) is 0.367. The largest absolute Gasteiger partial charge is 0.493 e. The molecule has 0 spiro atoms. The molecule has 2 aromatic carbocycles. The second kappa shape index (κ2) is 14.3. The molecule has 1 unspecified atom stereocenters. The fourth-order valence-electron chi connectivity index (χ4n) is 4.80. The highest BCUT2D eigenvalue weighted by molar-refractivity contribution is 6.33. The molecule has 1 aliphatic carbocycles. The summed E-state index contributed by atoms with van der Waals surface area (Å²) in [5.41, 5.74) is 0.861. The van der Waals surface area contributed by atoms with E-state index >= 15 is 0 Å². The first-order valence-electron chi connectivity index (χ1n) is 13.2. The van der Waals surface area contributed by atoms with Crippen LogP contribution in [0.25, 0.3) is 22.4 Å². The molecular formula is C30H33Cl3FN3O4. The summed E-state index contributed by atoms with van der Waals surface area (Å²) >= 11 is 12.6. The second-order valence-corrected chi connectivity index (χ2v) is 11.1. The number of alkyl halides is 1. The van der Waals surface area contributed by atoms with Gasteiger partial charge in [0.1, 0.15) is 22.8 Å². The number of aromatic nitrogens is 1. The Labute approximate surface area is 255 Å². The van der Waals surface area contributed by atoms with Gasteiger partial charge in [-0.2, -0.15) is 0 Å². The van der Waals surface area contributed by atoms with Crippen LogP contribution in [0.4, 0.5) is 4.39 Å². The molecule has 1 saturated carbocycles. The molecule has 41 heavy (non-hydrogen) atoms. The lowest BCUT2D eigenvalue weighted by Gasteiger charge is -2.33. The van der Waals surface area contributed by atoms with E-state index in [1.807, 2.05) is 31.1 Å². The highest BCUT2D eigenvalue weighted by Gasteiger charge is 2.41. The Hall–Kier alpha value is -2.91. The van der Waals surface area contributed by atoms with Gasteiger partial charge in [-0.15, -0.1) is 24.0 Å². The molecule has 1 aromatic heterocycles. The molecule has 1 heterocycles. The number of nitrogens with one attached hydrogen (secondary N) is 1. The molecule has 1 atom stereocenters. The predicted octanol–water partition coefficient (Wildman–Crippen LogP) is 7.04. The number of nitrogens with zero attached hydrogens (tertiary/aromatic N) is 2. The van der Waals surface area contributed by atoms with Crippen LogP contribution in [0.15, 0.2) is 54.6 Å². The van der Waals surface area contributed by atoms with Gasteiger partial charge < -0.3 is 15.2 Å². The summed E-state index contributed by atoms with van der Waals surface area (Å²) in [6.45, 7) is 0.432. The minimum atomic E-state index is -1.32. The number of carbonyl (C=O) groups is 2. The molecule has 1 aliphatic rings. The highest BCUT2D eigenvalue weighted by Crippen LogP contribution is 2.36. The molecule has 4 rings (SSSR count). The van der Waals surface area contributed by atoms with E-state index in [4.69, 9.17) is 27.9 Å². The van der Waals surface area contributed by atoms with Gasteiger partial charge in [0.05, 0.1) is 22.8 Å². The lowest BCUT2D eigenvalue weighted by Crippen LogP contribution is -2.55. The number of halogens is 4. The number of benzene rings is 2. The van der Waals surface area contributed by atoms with Crippen LogP contribution in [0, 0.1) is 5.82 Å². The van der Waals surface area contributed by atoms with Gasteiger partial charge in [0, 0.05) is 23.1 Å². The van der Waals surface area contributed by atoms with E-state index in [0.717, 1.165) is 19.3 Å². The Morgan fingerprint density at radius 1 is 1.07 bits per heavy atom. The molecule has 1 amide bonds. The van der Waals surface area contributed by atoms with Crippen molar-refractivity contribution in [3.8, 4) is 28.1 Å². The van der Waals surface area contributed by atoms with Crippen molar-refractivity contribution in [1.82, 2.24) is 15.2 Å². The third kappa shape index (κ3) is 7.89. The lowest BCUT2D eigenvalue weighted by molar-refractivity contribution is -0.145. The molecule has 0 aliphatic heterocycles. The first-order chi connectivity index (χ1) is 19.1. The van der Waals surface area contributed by atoms with Crippen molar-refractivity contribution < 1.29 is 23.8 Å². The number of carboxylic acid groups (broad SMARTS) is 1. The SMILES string of the molecule is CN(C)C(Cl)CCOc1ccc(-c2nc(C(=O)NC3(C(=O)O)CCCCC3)ccc2-c2ccc(F)cc2Cl)cc1.Cl. The first kappa shape index (κ1) is 32.6. The van der Waals surface area contributed by atoms with Crippen LogP contribution in [-0.2, 0) is 4.79 Å². The number of pyridine rings is 1. The Balaban J connectivity index is 0.00000462. The Morgan fingerprint density at radius 3 is 2.34 bits per heavy atom. The molecule has 0 bridgehead atoms. The van der Waals surface area contributed by atoms with E-state index in [1.54, 1.807) is 24.3 Å². The number of aliphatic carboxylic acids is 1. The number of carbonyl (C=O) groups excluding carboxylic acids is 1. The average molecular weight is 625 g/mol. The predicted molar refractivity (Wildman–Crippen MR) is 162 cm³/mol. The third-order valence-electron chi connectivity index (χ3n) is 7.13. The van der Waals surface area contributed by atoms with Gasteiger partial charge in [0.25, 0.3) is 5.91 Å². The van der Waals surface area contributed by atoms with Crippen LogP contribution in [0.3, 0.4) is 0 Å². The number of rotatable bonds is 10. The summed E-state index contributed by atoms with van der Waals surface area (Å²) in [6, 6.07) is 14.5. The maximum Gasteiger partial charge on any atom is 0.329 e. The minimum Gasteiger partial charge on any atom is -0.493 e. The summed E-state index contributed by atoms with van der Waals surface area (Å²) in [4.78, 5) is 32.0. The third-order valence-corrected chi connectivity index (χ3v) is 8.05. The topological polar surface area (TPSA) is 91.8 Å². The summed E-state index contributed by atoms with van der Waals surface area (Å²) in [5.74, 6) is -1.45. The second-order valence-electron chi connectivity index (χ2n) is 10.2. The summed E-state index contributed by atoms with van der Waals surface area (Å²) in [5, 5.41) is 12.8. The Bertz CT molecular complexity index is 1370. The number of hydrogen-bond donors (Lipinski definition) is 2. The van der Waals surface area contributed by atoms with Crippen LogP contribution in [0.1, 0.15) is 49.0 Å². The maximum atomic E-state index is 13.8. The number of amides is 1. The van der Waals surface area contributed by atoms with E-state index in [-0.39, 0.29) is 28.6 Å². The molecule has 7 nitrogen and oxygen atoms in total. The zero-order chi connectivity index (χ0) is 28.9. The van der Waals surface area contributed by atoms with E-state index in [0.29, 0.717) is 54.0 Å². The first-order valence-corrected chi connectivity index (χ1v) is 14.0. The molecule has 2 N–H and O–H groups in total. The van der Waals surface area contributed by atoms with E-state index in [9.17, 15) is 19.1 Å². The number of carboxylic acids is 1. The Kier molecular flexibility index (Phi) is 11.4. The van der Waals surface area contributed by atoms with Crippen molar-refractivity contribution in [2.75, 3.05) is 20.7 Å². The van der Waals surface area contributed by atoms with Crippen LogP contribution < -0.4 is 10.1 Å². The fourth-order valence-corrected chi connectivity index (χ4v) is 5.16. The summed E-state index contributed by atoms with van der Waals surface area (Å²) in [6.07, 6.45) is 3.75. The quantitative estimate of drug-likeness (QED) is 0.186. The average Bonchev–Trinajstić information content (AvgIpc) is 2.93. The number of hydrogen-bond acceptors (Lipinski definition) is 5. The van der Waals surface area contributed by atoms with Gasteiger partial charge in [-0.25, -0.2) is 14.2 Å². The van der Waals surface area contributed by atoms with Gasteiger partial charge in [0.15, 0.2) is 0 Å². The summed E-state index contributed by atoms with van der Waals surface area (Å²) < 4.78 is 19.6. The van der Waals surface area contributed by atoms with Crippen molar-refractivity contribution in [1.29, 1.82) is 0 Å². The van der Waals surface area contributed by atoms with E-state index in [1.165, 1.54) is 18.2 Å². The van der Waals surface area contributed by atoms with Crippen molar-refractivity contribution in [2.24, 2.45) is 0 Å². The minimum absolute atomic E-state index is 0. The van der Waals surface area contributed by atoms with Gasteiger partial charge in [-0.05, 0) is 81.5 Å². The molecule has 1 fully saturated rings. The highest BCUT2D eigenvalue weighted by atomic mass is 35.5. The molecular weight excluding hydrogens is 592 g/mol. The van der Waals surface area contributed by atoms with Crippen LogP contribution in [-0.4, -0.2) is 58.6 Å². The van der Waals surface area contributed by atoms with Gasteiger partial charge in [-0.3, -0.25) is 9.69 Å². The van der Waals surface area contributed by atoms with Crippen molar-refractivity contribution in [3.63, 3.8) is 0 Å². The van der Waals surface area contributed by atoms with E-state index in [2.05, 4.69) is 10.3 Å². The van der Waals surface area contributed by atoms with Gasteiger partial charge >= 0.3 is 5.97 Å². The smallest absolute Gasteiger partial charge is 0.329 e. The molecule has 0 saturated heterocycles. The van der Waals surface area contributed by atoms with E-state index < -0.39 is 23.2 Å². The van der Waals surface area contributed by atoms with Crippen LogP contribution in [0.2, 0.25) is 5.02 Å². The van der Waals surface area contributed by atoms with Gasteiger partial charge in [-0.1, -0.05) is 30.9 Å². The zero-order valence-corrected chi connectivity index (χ0v) is 25.2.